The van der Waals surface area contributed by atoms with Gasteiger partial charge < -0.3 is 10.5 Å². The van der Waals surface area contributed by atoms with E-state index in [9.17, 15) is 4.79 Å². The van der Waals surface area contributed by atoms with Crippen LogP contribution in [0.1, 0.15) is 43.5 Å². The van der Waals surface area contributed by atoms with Crippen molar-refractivity contribution in [2.75, 3.05) is 6.61 Å². The summed E-state index contributed by atoms with van der Waals surface area (Å²) in [5, 5.41) is 0. The lowest BCUT2D eigenvalue weighted by atomic mass is 9.80. The van der Waals surface area contributed by atoms with Crippen LogP contribution in [0.15, 0.2) is 85.1 Å². The van der Waals surface area contributed by atoms with E-state index in [1.165, 1.54) is 0 Å². The van der Waals surface area contributed by atoms with Crippen LogP contribution < -0.4 is 5.73 Å². The number of hydrogen-bond donors (Lipinski definition) is 1. The molecule has 3 rings (SSSR count). The molecule has 3 heterocycles. The zero-order valence-electron chi connectivity index (χ0n) is 21.5. The summed E-state index contributed by atoms with van der Waals surface area (Å²) in [5.74, 6) is -0.277. The van der Waals surface area contributed by atoms with Crippen LogP contribution in [0.4, 0.5) is 0 Å². The molecule has 0 saturated carbocycles. The molecule has 3 aromatic rings. The normalized spacial score (nSPS) is 13.4. The van der Waals surface area contributed by atoms with Crippen molar-refractivity contribution in [2.24, 2.45) is 11.1 Å². The second-order valence-corrected chi connectivity index (χ2v) is 9.12. The molecule has 1 atom stereocenters. The van der Waals surface area contributed by atoms with Gasteiger partial charge in [-0.05, 0) is 75.7 Å². The van der Waals surface area contributed by atoms with Crippen molar-refractivity contribution in [1.82, 2.24) is 15.0 Å². The third-order valence-electron chi connectivity index (χ3n) is 5.66. The summed E-state index contributed by atoms with van der Waals surface area (Å²) in [6.45, 7) is 11.9. The molecule has 0 bridgehead atoms. The molecule has 0 aliphatic heterocycles. The van der Waals surface area contributed by atoms with E-state index in [0.29, 0.717) is 25.1 Å². The van der Waals surface area contributed by atoms with Gasteiger partial charge in [0.25, 0.3) is 0 Å². The Labute approximate surface area is 213 Å². The molecule has 3 aromatic heterocycles. The second-order valence-electron chi connectivity index (χ2n) is 9.12. The summed E-state index contributed by atoms with van der Waals surface area (Å²) in [7, 11) is 0. The lowest BCUT2D eigenvalue weighted by molar-refractivity contribution is -0.154. The van der Waals surface area contributed by atoms with E-state index in [2.05, 4.69) is 11.6 Å². The Hall–Kier alpha value is -4.06. The van der Waals surface area contributed by atoms with Crippen molar-refractivity contribution in [3.8, 4) is 11.4 Å². The van der Waals surface area contributed by atoms with Gasteiger partial charge in [-0.1, -0.05) is 36.9 Å². The van der Waals surface area contributed by atoms with Gasteiger partial charge in [-0.2, -0.15) is 0 Å². The third-order valence-corrected chi connectivity index (χ3v) is 5.66. The molecular formula is C30H34N4O2. The highest BCUT2D eigenvalue weighted by atomic mass is 16.5. The molecule has 0 aliphatic rings. The predicted molar refractivity (Wildman–Crippen MR) is 145 cm³/mol. The van der Waals surface area contributed by atoms with Gasteiger partial charge in [0.2, 0.25) is 0 Å². The Morgan fingerprint density at radius 3 is 2.25 bits per heavy atom. The van der Waals surface area contributed by atoms with Crippen LogP contribution in [-0.4, -0.2) is 27.5 Å². The number of aromatic nitrogens is 3. The fourth-order valence-electron chi connectivity index (χ4n) is 3.88. The molecular weight excluding hydrogens is 448 g/mol. The Kier molecular flexibility index (Phi) is 8.90. The minimum atomic E-state index is -0.857. The minimum Gasteiger partial charge on any atom is -0.466 e. The molecule has 1 unspecified atom stereocenters. The largest absolute Gasteiger partial charge is 0.466 e. The average Bonchev–Trinajstić information content (AvgIpc) is 2.84. The first kappa shape index (κ1) is 26.5. The zero-order valence-corrected chi connectivity index (χ0v) is 21.5. The van der Waals surface area contributed by atoms with Gasteiger partial charge >= 0.3 is 5.97 Å². The SMILES string of the molecule is C=C(/C=C\C=C(\C)N)c1cccc(CC(C)(Cc2cccc(-c3cccc(C)n3)n2)C(=O)OCC)n1. The van der Waals surface area contributed by atoms with Gasteiger partial charge in [0, 0.05) is 35.6 Å². The van der Waals surface area contributed by atoms with E-state index in [4.69, 9.17) is 20.4 Å². The van der Waals surface area contributed by atoms with E-state index >= 15 is 0 Å². The minimum absolute atomic E-state index is 0.277. The van der Waals surface area contributed by atoms with Crippen molar-refractivity contribution in [3.05, 3.63) is 108 Å². The fourth-order valence-corrected chi connectivity index (χ4v) is 3.88. The number of esters is 1. The van der Waals surface area contributed by atoms with Crippen LogP contribution in [0.3, 0.4) is 0 Å². The summed E-state index contributed by atoms with van der Waals surface area (Å²) in [5.41, 5.74) is 11.1. The number of nitrogens with two attached hydrogens (primary N) is 1. The van der Waals surface area contributed by atoms with Gasteiger partial charge in [0.15, 0.2) is 0 Å². The van der Waals surface area contributed by atoms with Crippen molar-refractivity contribution in [3.63, 3.8) is 0 Å². The third kappa shape index (κ3) is 7.22. The highest BCUT2D eigenvalue weighted by Gasteiger charge is 2.36. The van der Waals surface area contributed by atoms with Gasteiger partial charge in [-0.3, -0.25) is 19.7 Å². The summed E-state index contributed by atoms with van der Waals surface area (Å²) in [4.78, 5) is 27.3. The van der Waals surface area contributed by atoms with Crippen LogP contribution >= 0.6 is 0 Å². The van der Waals surface area contributed by atoms with Gasteiger partial charge in [0.1, 0.15) is 0 Å². The molecule has 186 valence electrons. The number of carbonyl (C=O) groups excluding carboxylic acids is 1. The number of pyridine rings is 3. The molecule has 0 amide bonds. The van der Waals surface area contributed by atoms with Crippen molar-refractivity contribution in [2.45, 2.75) is 40.5 Å². The summed E-state index contributed by atoms with van der Waals surface area (Å²) in [6.07, 6.45) is 6.31. The molecule has 0 radical (unpaired) electrons. The highest BCUT2D eigenvalue weighted by Crippen LogP contribution is 2.30. The molecule has 6 nitrogen and oxygen atoms in total. The number of aryl methyl sites for hydroxylation is 1. The van der Waals surface area contributed by atoms with E-state index in [0.717, 1.165) is 39.7 Å². The quantitative estimate of drug-likeness (QED) is 0.297. The summed E-state index contributed by atoms with van der Waals surface area (Å²) in [6, 6.07) is 17.4. The molecule has 36 heavy (non-hydrogen) atoms. The Balaban J connectivity index is 1.89. The average molecular weight is 483 g/mol. The highest BCUT2D eigenvalue weighted by molar-refractivity contribution is 5.77. The number of carbonyl (C=O) groups is 1. The number of nitrogens with zero attached hydrogens (tertiary/aromatic N) is 3. The predicted octanol–water partition coefficient (Wildman–Crippen LogP) is 5.63. The van der Waals surface area contributed by atoms with Crippen LogP contribution in [0.25, 0.3) is 17.0 Å². The first-order chi connectivity index (χ1) is 17.2. The lowest BCUT2D eigenvalue weighted by Crippen LogP contribution is -2.35. The van der Waals surface area contributed by atoms with Gasteiger partial charge in [-0.25, -0.2) is 0 Å². The standard InChI is InChI=1S/C30H34N4O2/c1-6-36-29(35)30(5,19-24-14-9-16-26(33-24)21(2)11-7-12-22(3)31)20-25-15-10-18-28(34-25)27-17-8-13-23(4)32-27/h7-18H,2,6,19-20,31H2,1,3-5H3/b11-7-,22-12-. The summed E-state index contributed by atoms with van der Waals surface area (Å²) >= 11 is 0. The maximum absolute atomic E-state index is 13.2. The molecule has 6 heteroatoms. The van der Waals surface area contributed by atoms with Crippen molar-refractivity contribution < 1.29 is 9.53 Å². The Morgan fingerprint density at radius 1 is 1.00 bits per heavy atom. The number of rotatable bonds is 10. The van der Waals surface area contributed by atoms with E-state index in [-0.39, 0.29) is 5.97 Å². The maximum Gasteiger partial charge on any atom is 0.312 e. The molecule has 0 aromatic carbocycles. The van der Waals surface area contributed by atoms with Crippen molar-refractivity contribution >= 4 is 11.5 Å². The van der Waals surface area contributed by atoms with Crippen LogP contribution in [0, 0.1) is 12.3 Å². The van der Waals surface area contributed by atoms with Gasteiger partial charge in [0.05, 0.1) is 29.1 Å². The molecule has 2 N–H and O–H groups in total. The Bertz CT molecular complexity index is 1290. The number of allylic oxidation sites excluding steroid dienone is 5. The topological polar surface area (TPSA) is 91.0 Å². The fraction of sp³-hybridized carbons (Fsp3) is 0.267. The smallest absolute Gasteiger partial charge is 0.312 e. The zero-order chi connectivity index (χ0) is 26.1. The van der Waals surface area contributed by atoms with Crippen LogP contribution in [0.2, 0.25) is 0 Å². The van der Waals surface area contributed by atoms with E-state index < -0.39 is 5.41 Å². The van der Waals surface area contributed by atoms with Crippen molar-refractivity contribution in [1.29, 1.82) is 0 Å². The van der Waals surface area contributed by atoms with Gasteiger partial charge in [-0.15, -0.1) is 0 Å². The van der Waals surface area contributed by atoms with E-state index in [1.54, 1.807) is 6.08 Å². The van der Waals surface area contributed by atoms with Crippen LogP contribution in [0.5, 0.6) is 0 Å². The van der Waals surface area contributed by atoms with E-state index in [1.807, 2.05) is 94.4 Å². The first-order valence-corrected chi connectivity index (χ1v) is 12.0. The molecule has 0 aliphatic carbocycles. The monoisotopic (exact) mass is 482 g/mol. The summed E-state index contributed by atoms with van der Waals surface area (Å²) < 4.78 is 5.48. The molecule has 0 spiro atoms. The van der Waals surface area contributed by atoms with Crippen LogP contribution in [-0.2, 0) is 22.4 Å². The molecule has 0 fully saturated rings. The Morgan fingerprint density at radius 2 is 1.61 bits per heavy atom. The second kappa shape index (κ2) is 12.1. The number of hydrogen-bond acceptors (Lipinski definition) is 6. The first-order valence-electron chi connectivity index (χ1n) is 12.0. The number of ether oxygens (including phenoxy) is 1. The maximum atomic E-state index is 13.2. The lowest BCUT2D eigenvalue weighted by Gasteiger charge is -2.27. The molecule has 0 saturated heterocycles.